The fraction of sp³-hybridized carbons (Fsp3) is 0.0952. The summed E-state index contributed by atoms with van der Waals surface area (Å²) in [5.74, 6) is 0.755. The minimum atomic E-state index is -0.0980. The van der Waals surface area contributed by atoms with Gasteiger partial charge in [-0.3, -0.25) is 14.2 Å². The number of benzene rings is 2. The average molecular weight is 436 g/mol. The normalized spacial score (nSPS) is 10.8. The van der Waals surface area contributed by atoms with Gasteiger partial charge in [-0.25, -0.2) is 4.98 Å². The minimum absolute atomic E-state index is 0.0980. The van der Waals surface area contributed by atoms with Crippen LogP contribution in [0, 0.1) is 6.92 Å². The number of hydrogen-bond donors (Lipinski definition) is 2. The van der Waals surface area contributed by atoms with Gasteiger partial charge in [-0.05, 0) is 37.3 Å². The summed E-state index contributed by atoms with van der Waals surface area (Å²) in [5.41, 5.74) is 5.09. The lowest BCUT2D eigenvalue weighted by Gasteiger charge is -2.10. The van der Waals surface area contributed by atoms with Crippen molar-refractivity contribution in [3.8, 4) is 11.3 Å². The topological polar surface area (TPSA) is 71.3 Å². The van der Waals surface area contributed by atoms with Crippen LogP contribution in [-0.4, -0.2) is 20.3 Å². The van der Waals surface area contributed by atoms with E-state index in [9.17, 15) is 4.79 Å². The van der Waals surface area contributed by atoms with Gasteiger partial charge in [0.15, 0.2) is 5.65 Å². The molecule has 2 heterocycles. The summed E-state index contributed by atoms with van der Waals surface area (Å²) in [7, 11) is 0. The molecule has 6 nitrogen and oxygen atoms in total. The average Bonchev–Trinajstić information content (AvgIpc) is 3.02. The van der Waals surface area contributed by atoms with Crippen LogP contribution in [0.5, 0.6) is 0 Å². The van der Waals surface area contributed by atoms with Gasteiger partial charge in [0.1, 0.15) is 11.5 Å². The Labute approximate surface area is 170 Å². The zero-order valence-electron chi connectivity index (χ0n) is 15.4. The second-order valence-electron chi connectivity index (χ2n) is 6.41. The molecule has 0 saturated carbocycles. The molecule has 2 aromatic heterocycles. The molecule has 28 heavy (non-hydrogen) atoms. The Morgan fingerprint density at radius 3 is 2.61 bits per heavy atom. The van der Waals surface area contributed by atoms with Crippen LogP contribution in [0.25, 0.3) is 16.9 Å². The highest BCUT2D eigenvalue weighted by atomic mass is 79.9. The smallest absolute Gasteiger partial charge is 0.221 e. The molecular weight excluding hydrogens is 418 g/mol. The SMILES string of the molecule is CC(=O)Nc1ccc(-c2nc3c(C)nccn3c2Nc2cccc(Br)c2)cc1. The van der Waals surface area contributed by atoms with Crippen molar-refractivity contribution in [1.29, 1.82) is 0 Å². The third-order valence-corrected chi connectivity index (χ3v) is 4.78. The first-order valence-corrected chi connectivity index (χ1v) is 9.55. The maximum absolute atomic E-state index is 11.3. The van der Waals surface area contributed by atoms with Gasteiger partial charge in [0.05, 0.1) is 5.69 Å². The first-order valence-electron chi connectivity index (χ1n) is 8.75. The van der Waals surface area contributed by atoms with Crippen LogP contribution in [-0.2, 0) is 4.79 Å². The molecule has 0 spiro atoms. The van der Waals surface area contributed by atoms with E-state index in [1.54, 1.807) is 6.20 Å². The molecule has 0 aliphatic carbocycles. The van der Waals surface area contributed by atoms with E-state index in [-0.39, 0.29) is 5.91 Å². The summed E-state index contributed by atoms with van der Waals surface area (Å²) in [6.07, 6.45) is 3.66. The predicted octanol–water partition coefficient (Wildman–Crippen LogP) is 5.17. The van der Waals surface area contributed by atoms with E-state index in [4.69, 9.17) is 4.98 Å². The Kier molecular flexibility index (Phi) is 4.83. The standard InChI is InChI=1S/C21H18BrN5O/c1-13-20-26-19(15-6-8-17(9-7-15)24-14(2)28)21(27(20)11-10-23-13)25-18-5-3-4-16(22)12-18/h3-12,25H,1-2H3,(H,24,28). The summed E-state index contributed by atoms with van der Waals surface area (Å²) in [5, 5.41) is 6.27. The molecule has 0 aliphatic heterocycles. The van der Waals surface area contributed by atoms with Crippen LogP contribution < -0.4 is 10.6 Å². The largest absolute Gasteiger partial charge is 0.339 e. The van der Waals surface area contributed by atoms with E-state index in [2.05, 4.69) is 31.5 Å². The third-order valence-electron chi connectivity index (χ3n) is 4.28. The summed E-state index contributed by atoms with van der Waals surface area (Å²) in [6.45, 7) is 3.43. The summed E-state index contributed by atoms with van der Waals surface area (Å²) < 4.78 is 2.99. The maximum Gasteiger partial charge on any atom is 0.221 e. The van der Waals surface area contributed by atoms with E-state index in [0.29, 0.717) is 0 Å². The number of imidazole rings is 1. The highest BCUT2D eigenvalue weighted by molar-refractivity contribution is 9.10. The molecule has 0 radical (unpaired) electrons. The quantitative estimate of drug-likeness (QED) is 0.463. The first kappa shape index (κ1) is 18.2. The molecule has 2 aromatic carbocycles. The zero-order chi connectivity index (χ0) is 19.7. The molecule has 2 N–H and O–H groups in total. The summed E-state index contributed by atoms with van der Waals surface area (Å²) in [4.78, 5) is 20.4. The van der Waals surface area contributed by atoms with Crippen LogP contribution >= 0.6 is 15.9 Å². The van der Waals surface area contributed by atoms with E-state index >= 15 is 0 Å². The second kappa shape index (κ2) is 7.44. The van der Waals surface area contributed by atoms with Gasteiger partial charge in [0, 0.05) is 40.7 Å². The molecule has 7 heteroatoms. The van der Waals surface area contributed by atoms with Gasteiger partial charge in [-0.2, -0.15) is 0 Å². The number of anilines is 3. The summed E-state index contributed by atoms with van der Waals surface area (Å²) in [6, 6.07) is 15.6. The molecule has 140 valence electrons. The van der Waals surface area contributed by atoms with Crippen molar-refractivity contribution in [1.82, 2.24) is 14.4 Å². The number of nitrogens with one attached hydrogen (secondary N) is 2. The van der Waals surface area contributed by atoms with Gasteiger partial charge < -0.3 is 10.6 Å². The van der Waals surface area contributed by atoms with Crippen LogP contribution in [0.3, 0.4) is 0 Å². The fourth-order valence-corrected chi connectivity index (χ4v) is 3.44. The molecule has 0 aliphatic rings. The van der Waals surface area contributed by atoms with Gasteiger partial charge in [0.2, 0.25) is 5.91 Å². The number of rotatable bonds is 4. The number of carbonyl (C=O) groups is 1. The second-order valence-corrected chi connectivity index (χ2v) is 7.32. The Balaban J connectivity index is 1.83. The maximum atomic E-state index is 11.3. The number of amides is 1. The third kappa shape index (κ3) is 3.61. The number of halogens is 1. The van der Waals surface area contributed by atoms with Gasteiger partial charge in [-0.15, -0.1) is 0 Å². The van der Waals surface area contributed by atoms with Crippen molar-refractivity contribution in [2.45, 2.75) is 13.8 Å². The van der Waals surface area contributed by atoms with Crippen LogP contribution in [0.4, 0.5) is 17.2 Å². The highest BCUT2D eigenvalue weighted by Gasteiger charge is 2.16. The number of nitrogens with zero attached hydrogens (tertiary/aromatic N) is 3. The molecule has 4 aromatic rings. The van der Waals surface area contributed by atoms with Crippen LogP contribution in [0.15, 0.2) is 65.4 Å². The predicted molar refractivity (Wildman–Crippen MR) is 115 cm³/mol. The Morgan fingerprint density at radius 1 is 1.11 bits per heavy atom. The number of aryl methyl sites for hydroxylation is 1. The van der Waals surface area contributed by atoms with Gasteiger partial charge in [-0.1, -0.05) is 34.1 Å². The van der Waals surface area contributed by atoms with Crippen molar-refractivity contribution < 1.29 is 4.79 Å². The first-order chi connectivity index (χ1) is 13.5. The summed E-state index contributed by atoms with van der Waals surface area (Å²) >= 11 is 3.51. The molecular formula is C21H18BrN5O. The lowest BCUT2D eigenvalue weighted by Crippen LogP contribution is -2.05. The van der Waals surface area contributed by atoms with E-state index in [1.807, 2.05) is 66.1 Å². The number of fused-ring (bicyclic) bond motifs is 1. The van der Waals surface area contributed by atoms with Crippen LogP contribution in [0.1, 0.15) is 12.6 Å². The number of aromatic nitrogens is 3. The van der Waals surface area contributed by atoms with E-state index < -0.39 is 0 Å². The van der Waals surface area contributed by atoms with Crippen LogP contribution in [0.2, 0.25) is 0 Å². The van der Waals surface area contributed by atoms with Crippen molar-refractivity contribution in [2.24, 2.45) is 0 Å². The van der Waals surface area contributed by atoms with Crippen molar-refractivity contribution >= 4 is 44.7 Å². The Morgan fingerprint density at radius 2 is 1.89 bits per heavy atom. The van der Waals surface area contributed by atoms with Gasteiger partial charge >= 0.3 is 0 Å². The molecule has 0 unspecified atom stereocenters. The lowest BCUT2D eigenvalue weighted by molar-refractivity contribution is -0.114. The number of carbonyl (C=O) groups excluding carboxylic acids is 1. The molecule has 0 fully saturated rings. The monoisotopic (exact) mass is 435 g/mol. The highest BCUT2D eigenvalue weighted by Crippen LogP contribution is 2.32. The fourth-order valence-electron chi connectivity index (χ4n) is 3.04. The lowest BCUT2D eigenvalue weighted by atomic mass is 10.1. The molecule has 4 rings (SSSR count). The number of hydrogen-bond acceptors (Lipinski definition) is 4. The molecule has 0 bridgehead atoms. The van der Waals surface area contributed by atoms with Crippen molar-refractivity contribution in [3.05, 3.63) is 71.1 Å². The molecule has 0 saturated heterocycles. The van der Waals surface area contributed by atoms with E-state index in [1.165, 1.54) is 6.92 Å². The van der Waals surface area contributed by atoms with Crippen molar-refractivity contribution in [3.63, 3.8) is 0 Å². The van der Waals surface area contributed by atoms with Crippen molar-refractivity contribution in [2.75, 3.05) is 10.6 Å². The molecule has 1 amide bonds. The molecule has 0 atom stereocenters. The zero-order valence-corrected chi connectivity index (χ0v) is 17.0. The Hall–Kier alpha value is -3.19. The minimum Gasteiger partial charge on any atom is -0.339 e. The van der Waals surface area contributed by atoms with E-state index in [0.717, 1.165) is 44.3 Å². The van der Waals surface area contributed by atoms with Gasteiger partial charge in [0.25, 0.3) is 0 Å². The Bertz CT molecular complexity index is 1170.